The Balaban J connectivity index is 1.39. The van der Waals surface area contributed by atoms with Crippen LogP contribution in [0.2, 0.25) is 0 Å². The Morgan fingerprint density at radius 3 is 2.54 bits per heavy atom. The first-order chi connectivity index (χ1) is 11.7. The third-order valence-electron chi connectivity index (χ3n) is 6.05. The fourth-order valence-electron chi connectivity index (χ4n) is 4.80. The van der Waals surface area contributed by atoms with Crippen molar-refractivity contribution in [3.05, 3.63) is 35.6 Å². The molecule has 2 heterocycles. The van der Waals surface area contributed by atoms with Gasteiger partial charge in [-0.05, 0) is 30.7 Å². The van der Waals surface area contributed by atoms with Crippen LogP contribution in [0.15, 0.2) is 24.3 Å². The van der Waals surface area contributed by atoms with E-state index in [0.29, 0.717) is 18.4 Å². The van der Waals surface area contributed by atoms with Crippen molar-refractivity contribution in [2.24, 2.45) is 11.8 Å². The summed E-state index contributed by atoms with van der Waals surface area (Å²) in [6.45, 7) is 6.08. The molecule has 0 radical (unpaired) electrons. The lowest BCUT2D eigenvalue weighted by atomic mass is 9.77. The van der Waals surface area contributed by atoms with Gasteiger partial charge in [-0.2, -0.15) is 0 Å². The molecule has 0 bridgehead atoms. The predicted molar refractivity (Wildman–Crippen MR) is 90.1 cm³/mol. The lowest BCUT2D eigenvalue weighted by Gasteiger charge is -2.43. The Labute approximate surface area is 143 Å². The van der Waals surface area contributed by atoms with E-state index in [1.54, 1.807) is 6.07 Å². The Kier molecular flexibility index (Phi) is 4.86. The van der Waals surface area contributed by atoms with E-state index in [1.165, 1.54) is 6.07 Å². The van der Waals surface area contributed by atoms with Gasteiger partial charge < -0.3 is 9.84 Å². The quantitative estimate of drug-likeness (QED) is 0.913. The molecule has 1 N–H and O–H groups in total. The van der Waals surface area contributed by atoms with Crippen molar-refractivity contribution in [1.29, 1.82) is 0 Å². The summed E-state index contributed by atoms with van der Waals surface area (Å²) in [6.07, 6.45) is 1.69. The summed E-state index contributed by atoms with van der Waals surface area (Å²) in [7, 11) is 0. The number of aliphatic hydroxyl groups is 1. The minimum absolute atomic E-state index is 0.112. The van der Waals surface area contributed by atoms with Crippen LogP contribution >= 0.6 is 0 Å². The summed E-state index contributed by atoms with van der Waals surface area (Å²) in [5.41, 5.74) is 0.779. The number of likely N-dealkylation sites (tertiary alicyclic amines) is 1. The van der Waals surface area contributed by atoms with Crippen molar-refractivity contribution in [1.82, 2.24) is 9.80 Å². The van der Waals surface area contributed by atoms with Gasteiger partial charge in [0.05, 0.1) is 19.3 Å². The zero-order valence-electron chi connectivity index (χ0n) is 14.1. The Bertz CT molecular complexity index is 564. The molecule has 0 spiro atoms. The summed E-state index contributed by atoms with van der Waals surface area (Å²) >= 11 is 0. The van der Waals surface area contributed by atoms with Crippen molar-refractivity contribution in [3.63, 3.8) is 0 Å². The van der Waals surface area contributed by atoms with Crippen LogP contribution in [-0.4, -0.2) is 66.4 Å². The van der Waals surface area contributed by atoms with E-state index < -0.39 is 0 Å². The van der Waals surface area contributed by atoms with Crippen LogP contribution in [0, 0.1) is 17.7 Å². The number of aliphatic hydroxyl groups excluding tert-OH is 1. The predicted octanol–water partition coefficient (Wildman–Crippen LogP) is 1.73. The van der Waals surface area contributed by atoms with Crippen LogP contribution < -0.4 is 0 Å². The maximum absolute atomic E-state index is 13.9. The highest BCUT2D eigenvalue weighted by Crippen LogP contribution is 2.39. The molecule has 0 amide bonds. The Morgan fingerprint density at radius 1 is 1.08 bits per heavy atom. The third-order valence-corrected chi connectivity index (χ3v) is 6.05. The number of fused-ring (bicyclic) bond motifs is 1. The number of hydrogen-bond donors (Lipinski definition) is 1. The van der Waals surface area contributed by atoms with Crippen molar-refractivity contribution in [3.8, 4) is 0 Å². The standard InChI is InChI=1S/C19H27FN2O2/c20-17-4-2-1-3-14(17)11-21-12-15-9-18(19(23)10-16(15)13-21)22-5-7-24-8-6-22/h1-4,15-16,18-19,23H,5-13H2/t15-,16+,18-,19-/m1/s1. The maximum atomic E-state index is 13.9. The number of halogens is 1. The van der Waals surface area contributed by atoms with E-state index >= 15 is 0 Å². The molecule has 132 valence electrons. The number of rotatable bonds is 3. The minimum atomic E-state index is -0.238. The van der Waals surface area contributed by atoms with Crippen molar-refractivity contribution < 1.29 is 14.2 Å². The summed E-state index contributed by atoms with van der Waals surface area (Å²) in [6, 6.07) is 7.33. The molecule has 2 aliphatic heterocycles. The van der Waals surface area contributed by atoms with Gasteiger partial charge in [-0.3, -0.25) is 9.80 Å². The number of ether oxygens (including phenoxy) is 1. The molecule has 4 nitrogen and oxygen atoms in total. The van der Waals surface area contributed by atoms with Gasteiger partial charge in [0.1, 0.15) is 5.82 Å². The third kappa shape index (κ3) is 3.36. The summed E-state index contributed by atoms with van der Waals surface area (Å²) in [4.78, 5) is 4.77. The van der Waals surface area contributed by atoms with Gasteiger partial charge in [-0.25, -0.2) is 4.39 Å². The average Bonchev–Trinajstić information content (AvgIpc) is 2.98. The molecule has 4 rings (SSSR count). The molecule has 5 heteroatoms. The van der Waals surface area contributed by atoms with E-state index in [2.05, 4.69) is 9.80 Å². The zero-order valence-corrected chi connectivity index (χ0v) is 14.1. The van der Waals surface area contributed by atoms with Gasteiger partial charge in [0.25, 0.3) is 0 Å². The van der Waals surface area contributed by atoms with Crippen molar-refractivity contribution in [2.75, 3.05) is 39.4 Å². The highest BCUT2D eigenvalue weighted by molar-refractivity contribution is 5.17. The monoisotopic (exact) mass is 334 g/mol. The zero-order chi connectivity index (χ0) is 16.5. The highest BCUT2D eigenvalue weighted by atomic mass is 19.1. The number of morpholine rings is 1. The first-order valence-corrected chi connectivity index (χ1v) is 9.16. The van der Waals surface area contributed by atoms with Crippen LogP contribution in [0.4, 0.5) is 4.39 Å². The Hall–Kier alpha value is -1.01. The van der Waals surface area contributed by atoms with Crippen LogP contribution in [-0.2, 0) is 11.3 Å². The second-order valence-electron chi connectivity index (χ2n) is 7.56. The topological polar surface area (TPSA) is 35.9 Å². The molecule has 1 saturated carbocycles. The average molecular weight is 334 g/mol. The summed E-state index contributed by atoms with van der Waals surface area (Å²) in [5.74, 6) is 1.05. The number of benzene rings is 1. The van der Waals surface area contributed by atoms with Crippen LogP contribution in [0.5, 0.6) is 0 Å². The fourth-order valence-corrected chi connectivity index (χ4v) is 4.80. The molecule has 0 unspecified atom stereocenters. The van der Waals surface area contributed by atoms with Crippen molar-refractivity contribution in [2.45, 2.75) is 31.5 Å². The lowest BCUT2D eigenvalue weighted by molar-refractivity contribution is -0.0520. The molecule has 24 heavy (non-hydrogen) atoms. The van der Waals surface area contributed by atoms with Crippen LogP contribution in [0.25, 0.3) is 0 Å². The van der Waals surface area contributed by atoms with Gasteiger partial charge >= 0.3 is 0 Å². The van der Waals surface area contributed by atoms with Gasteiger partial charge in [-0.1, -0.05) is 18.2 Å². The lowest BCUT2D eigenvalue weighted by Crippen LogP contribution is -2.53. The number of nitrogens with zero attached hydrogens (tertiary/aromatic N) is 2. The first kappa shape index (κ1) is 16.5. The van der Waals surface area contributed by atoms with E-state index in [4.69, 9.17) is 4.74 Å². The molecule has 2 saturated heterocycles. The molecular formula is C19H27FN2O2. The van der Waals surface area contributed by atoms with Gasteiger partial charge in [0.15, 0.2) is 0 Å². The van der Waals surface area contributed by atoms with Crippen LogP contribution in [0.1, 0.15) is 18.4 Å². The highest BCUT2D eigenvalue weighted by Gasteiger charge is 2.43. The van der Waals surface area contributed by atoms with Gasteiger partial charge in [-0.15, -0.1) is 0 Å². The normalized spacial score (nSPS) is 35.1. The van der Waals surface area contributed by atoms with Crippen LogP contribution in [0.3, 0.4) is 0 Å². The minimum Gasteiger partial charge on any atom is -0.391 e. The smallest absolute Gasteiger partial charge is 0.127 e. The van der Waals surface area contributed by atoms with Gasteiger partial charge in [0.2, 0.25) is 0 Å². The largest absolute Gasteiger partial charge is 0.391 e. The Morgan fingerprint density at radius 2 is 1.79 bits per heavy atom. The van der Waals surface area contributed by atoms with E-state index in [-0.39, 0.29) is 18.0 Å². The van der Waals surface area contributed by atoms with E-state index in [9.17, 15) is 9.50 Å². The molecule has 3 fully saturated rings. The fraction of sp³-hybridized carbons (Fsp3) is 0.684. The molecule has 1 aliphatic carbocycles. The van der Waals surface area contributed by atoms with E-state index in [1.807, 2.05) is 12.1 Å². The molecular weight excluding hydrogens is 307 g/mol. The molecule has 3 aliphatic rings. The van der Waals surface area contributed by atoms with Crippen molar-refractivity contribution >= 4 is 0 Å². The second kappa shape index (κ2) is 7.08. The summed E-state index contributed by atoms with van der Waals surface area (Å²) in [5, 5.41) is 10.6. The maximum Gasteiger partial charge on any atom is 0.127 e. The van der Waals surface area contributed by atoms with E-state index in [0.717, 1.165) is 57.8 Å². The molecule has 1 aromatic rings. The molecule has 0 aromatic heterocycles. The SMILES string of the molecule is O[C@@H]1C[C@H]2CN(Cc3ccccc3F)C[C@H]2C[C@H]1N1CCOCC1. The summed E-state index contributed by atoms with van der Waals surface area (Å²) < 4.78 is 19.3. The van der Waals surface area contributed by atoms with Gasteiger partial charge in [0, 0.05) is 44.3 Å². The molecule has 1 aromatic carbocycles. The first-order valence-electron chi connectivity index (χ1n) is 9.16. The molecule has 4 atom stereocenters. The number of hydrogen-bond acceptors (Lipinski definition) is 4. The second-order valence-corrected chi connectivity index (χ2v) is 7.56.